The van der Waals surface area contributed by atoms with E-state index in [4.69, 9.17) is 4.74 Å². The molecule has 0 aromatic heterocycles. The van der Waals surface area contributed by atoms with Gasteiger partial charge in [-0.05, 0) is 0 Å². The predicted molar refractivity (Wildman–Crippen MR) is 50.7 cm³/mol. The summed E-state index contributed by atoms with van der Waals surface area (Å²) in [6.07, 6.45) is 0. The molecule has 1 unspecified atom stereocenters. The molecule has 3 heteroatoms. The van der Waals surface area contributed by atoms with Gasteiger partial charge in [0.15, 0.2) is 0 Å². The van der Waals surface area contributed by atoms with Gasteiger partial charge < -0.3 is 0 Å². The van der Waals surface area contributed by atoms with Gasteiger partial charge in [-0.2, -0.15) is 0 Å². The van der Waals surface area contributed by atoms with Crippen molar-refractivity contribution in [2.24, 2.45) is 0 Å². The van der Waals surface area contributed by atoms with Gasteiger partial charge in [-0.25, -0.2) is 0 Å². The average molecular weight is 226 g/mol. The van der Waals surface area contributed by atoms with Crippen LogP contribution in [0.1, 0.15) is 10.4 Å². The van der Waals surface area contributed by atoms with Crippen molar-refractivity contribution in [3.05, 3.63) is 29.8 Å². The molecule has 0 bridgehead atoms. The Labute approximate surface area is 80.4 Å². The van der Waals surface area contributed by atoms with Gasteiger partial charge in [0, 0.05) is 0 Å². The van der Waals surface area contributed by atoms with E-state index in [1.807, 2.05) is 0 Å². The Balaban J connectivity index is 2.84. The van der Waals surface area contributed by atoms with Crippen molar-refractivity contribution >= 4 is 22.6 Å². The number of ether oxygens (including phenoxy) is 1. The van der Waals surface area contributed by atoms with Crippen LogP contribution in [0.2, 0.25) is 5.21 Å². The van der Waals surface area contributed by atoms with E-state index in [2.05, 4.69) is 0 Å². The summed E-state index contributed by atoms with van der Waals surface area (Å²) in [5, 5.41) is 0.610. The van der Waals surface area contributed by atoms with E-state index in [0.29, 0.717) is 5.21 Å². The number of hydrogen-bond donors (Lipinski definition) is 0. The summed E-state index contributed by atoms with van der Waals surface area (Å²) in [6, 6.07) is 7.19. The van der Waals surface area contributed by atoms with Gasteiger partial charge in [0.2, 0.25) is 0 Å². The standard InChI is InChI=1S/C9H11AsO2/c1-12-8-4-2-7(3-5-8)9(11)6-10/h2-5H,6,10H2,1H3. The molecule has 0 aliphatic heterocycles. The molecule has 1 aromatic carbocycles. The number of methoxy groups -OCH3 is 1. The van der Waals surface area contributed by atoms with Crippen LogP contribution in [0.25, 0.3) is 0 Å². The topological polar surface area (TPSA) is 26.3 Å². The SMILES string of the molecule is COc1ccc(C(=O)C[AsH2])cc1. The second-order valence-electron chi connectivity index (χ2n) is 2.36. The first-order valence-corrected chi connectivity index (χ1v) is 5.36. The zero-order valence-electron chi connectivity index (χ0n) is 6.91. The normalized spacial score (nSPS) is 9.50. The van der Waals surface area contributed by atoms with E-state index in [1.165, 1.54) is 16.9 Å². The molecule has 0 radical (unpaired) electrons. The first-order chi connectivity index (χ1) is 5.77. The van der Waals surface area contributed by atoms with Crippen LogP contribution < -0.4 is 4.74 Å². The fourth-order valence-corrected chi connectivity index (χ4v) is 1.39. The van der Waals surface area contributed by atoms with Crippen molar-refractivity contribution in [3.8, 4) is 5.75 Å². The molecule has 0 aliphatic carbocycles. The van der Waals surface area contributed by atoms with Crippen molar-refractivity contribution in [1.82, 2.24) is 0 Å². The van der Waals surface area contributed by atoms with Crippen LogP contribution in [0.3, 0.4) is 0 Å². The molecule has 12 heavy (non-hydrogen) atoms. The van der Waals surface area contributed by atoms with E-state index in [1.54, 1.807) is 31.4 Å². The number of ketones is 1. The predicted octanol–water partition coefficient (Wildman–Crippen LogP) is 0.929. The Hall–Kier alpha value is -0.752. The number of benzene rings is 1. The first kappa shape index (κ1) is 9.34. The third-order valence-electron chi connectivity index (χ3n) is 1.60. The zero-order chi connectivity index (χ0) is 8.97. The molecule has 0 saturated carbocycles. The summed E-state index contributed by atoms with van der Waals surface area (Å²) in [5.74, 6) is 0.978. The van der Waals surface area contributed by atoms with E-state index in [9.17, 15) is 4.79 Å². The van der Waals surface area contributed by atoms with Crippen LogP contribution in [0, 0.1) is 0 Å². The molecule has 1 aromatic rings. The van der Waals surface area contributed by atoms with E-state index in [0.717, 1.165) is 11.3 Å². The van der Waals surface area contributed by atoms with Crippen molar-refractivity contribution in [2.45, 2.75) is 5.21 Å². The average Bonchev–Trinajstić information content (AvgIpc) is 2.17. The fourth-order valence-electron chi connectivity index (χ4n) is 0.895. The Morgan fingerprint density at radius 1 is 1.42 bits per heavy atom. The van der Waals surface area contributed by atoms with Gasteiger partial charge in [0.05, 0.1) is 0 Å². The molecule has 0 saturated heterocycles. The summed E-state index contributed by atoms with van der Waals surface area (Å²) in [5.41, 5.74) is 0.764. The molecule has 1 atom stereocenters. The van der Waals surface area contributed by atoms with Gasteiger partial charge in [-0.1, -0.05) is 0 Å². The molecule has 64 valence electrons. The molecular weight excluding hydrogens is 215 g/mol. The maximum absolute atomic E-state index is 11.2. The van der Waals surface area contributed by atoms with E-state index in [-0.39, 0.29) is 5.78 Å². The Morgan fingerprint density at radius 3 is 2.42 bits per heavy atom. The maximum atomic E-state index is 11.2. The summed E-state index contributed by atoms with van der Waals surface area (Å²) >= 11 is 1.44. The fraction of sp³-hybridized carbons (Fsp3) is 0.222. The van der Waals surface area contributed by atoms with Crippen molar-refractivity contribution in [2.75, 3.05) is 7.11 Å². The van der Waals surface area contributed by atoms with Crippen molar-refractivity contribution < 1.29 is 9.53 Å². The van der Waals surface area contributed by atoms with Crippen LogP contribution in [-0.2, 0) is 0 Å². The third kappa shape index (κ3) is 2.12. The third-order valence-corrected chi connectivity index (χ3v) is 2.38. The minimum absolute atomic E-state index is 0.192. The number of carbonyl (C=O) groups is 1. The van der Waals surface area contributed by atoms with Gasteiger partial charge in [-0.3, -0.25) is 0 Å². The van der Waals surface area contributed by atoms with Gasteiger partial charge in [0.1, 0.15) is 0 Å². The number of Topliss-reactive ketones (excluding diaryl/α,β-unsaturated/α-hetero) is 1. The van der Waals surface area contributed by atoms with E-state index >= 15 is 0 Å². The van der Waals surface area contributed by atoms with Crippen LogP contribution in [0.15, 0.2) is 24.3 Å². The van der Waals surface area contributed by atoms with Crippen LogP contribution in [-0.4, -0.2) is 29.7 Å². The Kier molecular flexibility index (Phi) is 3.36. The van der Waals surface area contributed by atoms with Gasteiger partial charge >= 0.3 is 80.1 Å². The summed E-state index contributed by atoms with van der Waals surface area (Å²) < 4.78 is 4.98. The molecule has 0 N–H and O–H groups in total. The van der Waals surface area contributed by atoms with Crippen LogP contribution in [0.5, 0.6) is 5.75 Å². The summed E-state index contributed by atoms with van der Waals surface area (Å²) in [7, 11) is 1.61. The first-order valence-electron chi connectivity index (χ1n) is 3.65. The number of hydrogen-bond acceptors (Lipinski definition) is 2. The van der Waals surface area contributed by atoms with Gasteiger partial charge in [0.25, 0.3) is 0 Å². The quantitative estimate of drug-likeness (QED) is 0.566. The second kappa shape index (κ2) is 4.32. The zero-order valence-corrected chi connectivity index (χ0v) is 9.33. The van der Waals surface area contributed by atoms with Crippen molar-refractivity contribution in [3.63, 3.8) is 0 Å². The molecule has 0 spiro atoms. The monoisotopic (exact) mass is 226 g/mol. The summed E-state index contributed by atoms with van der Waals surface area (Å²) in [6.45, 7) is 0. The number of carbonyl (C=O) groups excluding carboxylic acids is 1. The second-order valence-corrected chi connectivity index (χ2v) is 3.21. The molecule has 0 heterocycles. The van der Waals surface area contributed by atoms with Crippen LogP contribution in [0.4, 0.5) is 0 Å². The van der Waals surface area contributed by atoms with Crippen molar-refractivity contribution in [1.29, 1.82) is 0 Å². The van der Waals surface area contributed by atoms with Gasteiger partial charge in [-0.15, -0.1) is 0 Å². The summed E-state index contributed by atoms with van der Waals surface area (Å²) in [4.78, 5) is 11.2. The van der Waals surface area contributed by atoms with Crippen LogP contribution >= 0.6 is 0 Å². The molecule has 0 amide bonds. The Bertz CT molecular complexity index is 266. The molecular formula is C9H11AsO2. The molecule has 2 nitrogen and oxygen atoms in total. The minimum atomic E-state index is 0.192. The molecule has 0 fully saturated rings. The van der Waals surface area contributed by atoms with E-state index < -0.39 is 0 Å². The Morgan fingerprint density at radius 2 is 2.00 bits per heavy atom. The number of rotatable bonds is 3. The molecule has 0 aliphatic rings. The molecule has 1 rings (SSSR count).